The van der Waals surface area contributed by atoms with E-state index in [4.69, 9.17) is 0 Å². The highest BCUT2D eigenvalue weighted by atomic mass is 16.2. The predicted octanol–water partition coefficient (Wildman–Crippen LogP) is 2.96. The number of hydrogen-bond acceptors (Lipinski definition) is 1. The summed E-state index contributed by atoms with van der Waals surface area (Å²) in [5.74, 6) is 1.70. The van der Waals surface area contributed by atoms with Crippen LogP contribution in [0.25, 0.3) is 0 Å². The lowest BCUT2D eigenvalue weighted by atomic mass is 9.75. The third-order valence-electron chi connectivity index (χ3n) is 4.60. The average Bonchev–Trinajstić information content (AvgIpc) is 2.39. The summed E-state index contributed by atoms with van der Waals surface area (Å²) in [6.07, 6.45) is 6.75. The second-order valence-electron chi connectivity index (χ2n) is 5.49. The van der Waals surface area contributed by atoms with Crippen LogP contribution in [0, 0.1) is 11.8 Å². The Labute approximate surface area is 105 Å². The molecule has 0 bridgehead atoms. The average molecular weight is 238 g/mol. The van der Waals surface area contributed by atoms with Crippen LogP contribution in [-0.2, 0) is 0 Å². The predicted molar refractivity (Wildman–Crippen MR) is 70.0 cm³/mol. The van der Waals surface area contributed by atoms with Crippen LogP contribution in [0.2, 0.25) is 0 Å². The van der Waals surface area contributed by atoms with Crippen LogP contribution in [-0.4, -0.2) is 42.0 Å². The lowest BCUT2D eigenvalue weighted by Crippen LogP contribution is -2.50. The fraction of sp³-hybridized carbons (Fsp3) is 0.929. The van der Waals surface area contributed by atoms with E-state index in [1.165, 1.54) is 32.1 Å². The monoisotopic (exact) mass is 238 g/mol. The van der Waals surface area contributed by atoms with Crippen molar-refractivity contribution in [3.8, 4) is 0 Å². The first kappa shape index (κ1) is 12.7. The van der Waals surface area contributed by atoms with Crippen molar-refractivity contribution in [1.29, 1.82) is 0 Å². The molecule has 0 aromatic heterocycles. The quantitative estimate of drug-likeness (QED) is 0.725. The Morgan fingerprint density at radius 1 is 1.12 bits per heavy atom. The molecule has 1 aliphatic heterocycles. The third kappa shape index (κ3) is 2.75. The molecule has 2 unspecified atom stereocenters. The molecule has 2 amide bonds. The highest BCUT2D eigenvalue weighted by Crippen LogP contribution is 2.36. The van der Waals surface area contributed by atoms with E-state index in [9.17, 15) is 4.79 Å². The van der Waals surface area contributed by atoms with Crippen LogP contribution in [0.5, 0.6) is 0 Å². The van der Waals surface area contributed by atoms with Gasteiger partial charge in [0.2, 0.25) is 0 Å². The highest BCUT2D eigenvalue weighted by molar-refractivity contribution is 5.74. The molecule has 1 saturated heterocycles. The van der Waals surface area contributed by atoms with E-state index in [0.717, 1.165) is 38.0 Å². The number of likely N-dealkylation sites (tertiary alicyclic amines) is 1. The molecule has 3 nitrogen and oxygen atoms in total. The van der Waals surface area contributed by atoms with Crippen LogP contribution in [0.4, 0.5) is 4.79 Å². The van der Waals surface area contributed by atoms with Gasteiger partial charge in [0.25, 0.3) is 0 Å². The van der Waals surface area contributed by atoms with E-state index in [1.54, 1.807) is 0 Å². The van der Waals surface area contributed by atoms with Crippen LogP contribution in [0.3, 0.4) is 0 Å². The summed E-state index contributed by atoms with van der Waals surface area (Å²) in [4.78, 5) is 16.3. The van der Waals surface area contributed by atoms with Gasteiger partial charge in [-0.25, -0.2) is 4.79 Å². The van der Waals surface area contributed by atoms with Gasteiger partial charge >= 0.3 is 6.03 Å². The number of piperidine rings is 1. The second-order valence-corrected chi connectivity index (χ2v) is 5.49. The van der Waals surface area contributed by atoms with Gasteiger partial charge in [-0.3, -0.25) is 0 Å². The molecule has 1 heterocycles. The zero-order chi connectivity index (χ0) is 12.3. The number of rotatable bonds is 2. The molecule has 3 heteroatoms. The second kappa shape index (κ2) is 5.74. The minimum absolute atomic E-state index is 0.263. The van der Waals surface area contributed by atoms with Crippen molar-refractivity contribution in [2.75, 3.05) is 26.2 Å². The first-order chi connectivity index (χ1) is 8.26. The fourth-order valence-corrected chi connectivity index (χ4v) is 3.47. The smallest absolute Gasteiger partial charge is 0.319 e. The van der Waals surface area contributed by atoms with E-state index < -0.39 is 0 Å². The van der Waals surface area contributed by atoms with E-state index >= 15 is 0 Å². The van der Waals surface area contributed by atoms with E-state index in [2.05, 4.69) is 18.7 Å². The Bertz CT molecular complexity index is 263. The SMILES string of the molecule is CCN(CC)C(=O)N1CCC2CCCCC2C1. The topological polar surface area (TPSA) is 23.6 Å². The van der Waals surface area contributed by atoms with E-state index in [0.29, 0.717) is 0 Å². The van der Waals surface area contributed by atoms with Gasteiger partial charge in [-0.15, -0.1) is 0 Å². The van der Waals surface area contributed by atoms with E-state index in [1.807, 2.05) is 4.90 Å². The number of carbonyl (C=O) groups is 1. The molecule has 2 atom stereocenters. The van der Waals surface area contributed by atoms with Gasteiger partial charge in [-0.2, -0.15) is 0 Å². The maximum absolute atomic E-state index is 12.3. The largest absolute Gasteiger partial charge is 0.325 e. The fourth-order valence-electron chi connectivity index (χ4n) is 3.47. The summed E-state index contributed by atoms with van der Waals surface area (Å²) in [5, 5.41) is 0. The maximum Gasteiger partial charge on any atom is 0.319 e. The number of fused-ring (bicyclic) bond motifs is 1. The van der Waals surface area contributed by atoms with Crippen molar-refractivity contribution in [3.63, 3.8) is 0 Å². The number of hydrogen-bond donors (Lipinski definition) is 0. The molecule has 2 rings (SSSR count). The summed E-state index contributed by atoms with van der Waals surface area (Å²) >= 11 is 0. The number of amides is 2. The van der Waals surface area contributed by atoms with Gasteiger partial charge in [0.05, 0.1) is 0 Å². The minimum Gasteiger partial charge on any atom is -0.325 e. The van der Waals surface area contributed by atoms with Crippen molar-refractivity contribution >= 4 is 6.03 Å². The molecular formula is C14H26N2O. The summed E-state index contributed by atoms with van der Waals surface area (Å²) in [6, 6.07) is 0.263. The molecule has 0 aromatic carbocycles. The van der Waals surface area contributed by atoms with Gasteiger partial charge in [-0.1, -0.05) is 19.3 Å². The first-order valence-corrected chi connectivity index (χ1v) is 7.30. The summed E-state index contributed by atoms with van der Waals surface area (Å²) in [6.45, 7) is 7.79. The van der Waals surface area contributed by atoms with Crippen molar-refractivity contribution in [2.45, 2.75) is 46.0 Å². The van der Waals surface area contributed by atoms with Crippen LogP contribution in [0.15, 0.2) is 0 Å². The van der Waals surface area contributed by atoms with Crippen LogP contribution in [0.1, 0.15) is 46.0 Å². The van der Waals surface area contributed by atoms with Gasteiger partial charge in [0.1, 0.15) is 0 Å². The summed E-state index contributed by atoms with van der Waals surface area (Å²) in [5.41, 5.74) is 0. The molecule has 0 aromatic rings. The minimum atomic E-state index is 0.263. The Balaban J connectivity index is 1.92. The molecule has 0 N–H and O–H groups in total. The molecule has 98 valence electrons. The van der Waals surface area contributed by atoms with Crippen molar-refractivity contribution < 1.29 is 4.79 Å². The molecule has 2 aliphatic rings. The molecule has 1 aliphatic carbocycles. The number of carbonyl (C=O) groups excluding carboxylic acids is 1. The van der Waals surface area contributed by atoms with E-state index in [-0.39, 0.29) is 6.03 Å². The molecular weight excluding hydrogens is 212 g/mol. The summed E-state index contributed by atoms with van der Waals surface area (Å²) in [7, 11) is 0. The Hall–Kier alpha value is -0.730. The lowest BCUT2D eigenvalue weighted by molar-refractivity contribution is 0.0852. The Morgan fingerprint density at radius 3 is 2.41 bits per heavy atom. The van der Waals surface area contributed by atoms with Crippen molar-refractivity contribution in [2.24, 2.45) is 11.8 Å². The summed E-state index contributed by atoms with van der Waals surface area (Å²) < 4.78 is 0. The third-order valence-corrected chi connectivity index (χ3v) is 4.60. The van der Waals surface area contributed by atoms with Crippen molar-refractivity contribution in [1.82, 2.24) is 9.80 Å². The Kier molecular flexibility index (Phi) is 4.30. The van der Waals surface area contributed by atoms with Gasteiger partial charge in [-0.05, 0) is 38.5 Å². The Morgan fingerprint density at radius 2 is 1.76 bits per heavy atom. The maximum atomic E-state index is 12.3. The van der Waals surface area contributed by atoms with Gasteiger partial charge in [0.15, 0.2) is 0 Å². The van der Waals surface area contributed by atoms with Crippen LogP contribution < -0.4 is 0 Å². The van der Waals surface area contributed by atoms with Crippen molar-refractivity contribution in [3.05, 3.63) is 0 Å². The normalized spacial score (nSPS) is 28.7. The first-order valence-electron chi connectivity index (χ1n) is 7.30. The number of urea groups is 1. The molecule has 17 heavy (non-hydrogen) atoms. The lowest BCUT2D eigenvalue weighted by Gasteiger charge is -2.42. The van der Waals surface area contributed by atoms with Gasteiger partial charge in [0, 0.05) is 26.2 Å². The molecule has 2 fully saturated rings. The molecule has 0 radical (unpaired) electrons. The zero-order valence-corrected chi connectivity index (χ0v) is 11.3. The van der Waals surface area contributed by atoms with Crippen LogP contribution >= 0.6 is 0 Å². The standard InChI is InChI=1S/C14H26N2O/c1-3-15(4-2)14(17)16-10-9-12-7-5-6-8-13(12)11-16/h12-13H,3-11H2,1-2H3. The number of nitrogens with zero attached hydrogens (tertiary/aromatic N) is 2. The zero-order valence-electron chi connectivity index (χ0n) is 11.3. The molecule has 1 saturated carbocycles. The molecule has 0 spiro atoms. The highest BCUT2D eigenvalue weighted by Gasteiger charge is 2.33. The van der Waals surface area contributed by atoms with Gasteiger partial charge < -0.3 is 9.80 Å².